The van der Waals surface area contributed by atoms with E-state index >= 15 is 0 Å². The average Bonchev–Trinajstić information content (AvgIpc) is 3.41. The third-order valence-corrected chi connectivity index (χ3v) is 12.2. The number of rotatable bonds is 4. The maximum absolute atomic E-state index is 12.4. The molecule has 1 unspecified atom stereocenters. The van der Waals surface area contributed by atoms with Crippen LogP contribution in [0.1, 0.15) is 85.0 Å². The van der Waals surface area contributed by atoms with Crippen molar-refractivity contribution in [2.45, 2.75) is 121 Å². The summed E-state index contributed by atoms with van der Waals surface area (Å²) in [5.41, 5.74) is 0.461. The van der Waals surface area contributed by atoms with E-state index in [2.05, 4.69) is 13.8 Å². The number of hydrogen-bond acceptors (Lipinski definition) is 7. The van der Waals surface area contributed by atoms with Crippen molar-refractivity contribution in [3.05, 3.63) is 11.6 Å². The van der Waals surface area contributed by atoms with E-state index in [0.29, 0.717) is 30.8 Å². The first-order valence-corrected chi connectivity index (χ1v) is 14.7. The summed E-state index contributed by atoms with van der Waals surface area (Å²) in [6.45, 7) is 7.07. The number of carbonyl (C=O) groups is 1. The van der Waals surface area contributed by atoms with Crippen LogP contribution in [-0.4, -0.2) is 66.2 Å². The van der Waals surface area contributed by atoms with Gasteiger partial charge in [0.2, 0.25) is 0 Å². The lowest BCUT2D eigenvalue weighted by Crippen LogP contribution is -2.62. The number of cyclic esters (lactones) is 1. The van der Waals surface area contributed by atoms with Gasteiger partial charge in [0.25, 0.3) is 0 Å². The van der Waals surface area contributed by atoms with Crippen molar-refractivity contribution >= 4 is 5.97 Å². The molecule has 2 N–H and O–H groups in total. The van der Waals surface area contributed by atoms with Crippen LogP contribution in [0.3, 0.4) is 0 Å². The highest BCUT2D eigenvalue weighted by atomic mass is 16.7. The van der Waals surface area contributed by atoms with Crippen LogP contribution >= 0.6 is 0 Å². The van der Waals surface area contributed by atoms with Gasteiger partial charge in [0.05, 0.1) is 23.9 Å². The third-order valence-electron chi connectivity index (χ3n) is 12.2. The second-order valence-electron chi connectivity index (χ2n) is 13.6. The van der Waals surface area contributed by atoms with Crippen molar-refractivity contribution < 1.29 is 34.0 Å². The Balaban J connectivity index is 1.15. The van der Waals surface area contributed by atoms with Gasteiger partial charge in [0, 0.05) is 25.0 Å². The highest BCUT2D eigenvalue weighted by Gasteiger charge is 2.67. The molecule has 0 aromatic rings. The maximum atomic E-state index is 12.4. The van der Waals surface area contributed by atoms with Crippen molar-refractivity contribution in [2.75, 3.05) is 13.7 Å². The summed E-state index contributed by atoms with van der Waals surface area (Å²) in [4.78, 5) is 11.8. The number of methoxy groups -OCH3 is 1. The molecule has 0 radical (unpaired) electrons. The summed E-state index contributed by atoms with van der Waals surface area (Å²) in [7, 11) is 1.64. The quantitative estimate of drug-likeness (QED) is 0.427. The lowest BCUT2D eigenvalue weighted by atomic mass is 9.43. The smallest absolute Gasteiger partial charge is 0.331 e. The molecule has 0 aromatic heterocycles. The number of hydrogen-bond donors (Lipinski definition) is 2. The SMILES string of the molecule is CO[C@@H]1C[C@H](O[C@H]2CC[C@@]3(C)C(CC[C@@H]4[C@@H]3CC[C@]3(C)[C@@H](C5=CC(=O)OC5)CC[C@]43O)C2)O[C@H](C)[C@@H]1O. The molecule has 0 bridgehead atoms. The molecule has 12 atom stereocenters. The normalized spacial score (nSPS) is 53.6. The van der Waals surface area contributed by atoms with Crippen molar-refractivity contribution in [3.8, 4) is 0 Å². The molecule has 6 aliphatic rings. The van der Waals surface area contributed by atoms with Gasteiger partial charge in [-0.2, -0.15) is 0 Å². The monoisotopic (exact) mass is 518 g/mol. The van der Waals surface area contributed by atoms with E-state index in [9.17, 15) is 15.0 Å². The van der Waals surface area contributed by atoms with Crippen LogP contribution < -0.4 is 0 Å². The van der Waals surface area contributed by atoms with Gasteiger partial charge in [-0.15, -0.1) is 0 Å². The van der Waals surface area contributed by atoms with Crippen molar-refractivity contribution in [3.63, 3.8) is 0 Å². The number of carbonyl (C=O) groups excluding carboxylic acids is 1. The predicted octanol–water partition coefficient (Wildman–Crippen LogP) is 4.14. The summed E-state index contributed by atoms with van der Waals surface area (Å²) >= 11 is 0. The summed E-state index contributed by atoms with van der Waals surface area (Å²) in [5, 5.41) is 22.7. The van der Waals surface area contributed by atoms with E-state index in [-0.39, 0.29) is 47.3 Å². The van der Waals surface area contributed by atoms with E-state index in [1.807, 2.05) is 6.92 Å². The van der Waals surface area contributed by atoms with E-state index in [1.165, 1.54) is 0 Å². The Hall–Kier alpha value is -0.990. The molecule has 4 aliphatic carbocycles. The first-order valence-electron chi connectivity index (χ1n) is 14.7. The summed E-state index contributed by atoms with van der Waals surface area (Å²) < 4.78 is 23.2. The molecule has 6 rings (SSSR count). The molecule has 2 aliphatic heterocycles. The lowest BCUT2D eigenvalue weighted by molar-refractivity contribution is -0.273. The first-order chi connectivity index (χ1) is 17.6. The number of fused-ring (bicyclic) bond motifs is 5. The highest BCUT2D eigenvalue weighted by Crippen LogP contribution is 2.70. The second kappa shape index (κ2) is 9.29. The Labute approximate surface area is 221 Å². The molecule has 0 amide bonds. The zero-order chi connectivity index (χ0) is 26.2. The first kappa shape index (κ1) is 26.2. The van der Waals surface area contributed by atoms with Crippen LogP contribution in [0, 0.1) is 34.5 Å². The van der Waals surface area contributed by atoms with Crippen LogP contribution in [0.25, 0.3) is 0 Å². The molecule has 37 heavy (non-hydrogen) atoms. The number of aliphatic hydroxyl groups is 2. The lowest BCUT2D eigenvalue weighted by Gasteiger charge is -2.64. The number of esters is 1. The molecule has 1 saturated heterocycles. The van der Waals surface area contributed by atoms with Crippen LogP contribution in [0.15, 0.2) is 11.6 Å². The topological polar surface area (TPSA) is 94.5 Å². The molecule has 4 saturated carbocycles. The minimum atomic E-state index is -0.670. The Morgan fingerprint density at radius 1 is 1.03 bits per heavy atom. The van der Waals surface area contributed by atoms with Crippen LogP contribution in [0.5, 0.6) is 0 Å². The summed E-state index contributed by atoms with van der Waals surface area (Å²) in [5.74, 6) is 1.45. The van der Waals surface area contributed by atoms with Crippen molar-refractivity contribution in [1.82, 2.24) is 0 Å². The van der Waals surface area contributed by atoms with Crippen LogP contribution in [0.2, 0.25) is 0 Å². The molecular weight excluding hydrogens is 472 g/mol. The number of aliphatic hydroxyl groups excluding tert-OH is 1. The van der Waals surface area contributed by atoms with Gasteiger partial charge in [0.1, 0.15) is 12.7 Å². The Morgan fingerprint density at radius 2 is 1.84 bits per heavy atom. The van der Waals surface area contributed by atoms with E-state index < -0.39 is 11.7 Å². The molecule has 0 aromatic carbocycles. The standard InChI is InChI=1S/C30H46O7/c1-17-27(32)24(34-4)15-26(36-17)37-20-7-10-28(2)19(14-20)5-6-23-22(28)8-11-29(3)21(9-12-30(23,29)33)18-13-25(31)35-16-18/h13,17,19-24,26-27,32-33H,5-12,14-16H2,1-4H3/t17-,19?,20+,21-,22+,23-,24-,26+,27+,28+,29-,30+/m1/s1. The zero-order valence-electron chi connectivity index (χ0n) is 23.0. The fourth-order valence-corrected chi connectivity index (χ4v) is 10.0. The fourth-order valence-electron chi connectivity index (χ4n) is 10.0. The molecule has 7 nitrogen and oxygen atoms in total. The van der Waals surface area contributed by atoms with Gasteiger partial charge < -0.3 is 29.2 Å². The van der Waals surface area contributed by atoms with Gasteiger partial charge in [-0.05, 0) is 99.4 Å². The van der Waals surface area contributed by atoms with Gasteiger partial charge in [0.15, 0.2) is 6.29 Å². The van der Waals surface area contributed by atoms with Crippen molar-refractivity contribution in [2.24, 2.45) is 34.5 Å². The summed E-state index contributed by atoms with van der Waals surface area (Å²) in [6, 6.07) is 0. The van der Waals surface area contributed by atoms with Gasteiger partial charge in [-0.1, -0.05) is 13.8 Å². The van der Waals surface area contributed by atoms with Crippen LogP contribution in [-0.2, 0) is 23.7 Å². The van der Waals surface area contributed by atoms with Crippen LogP contribution in [0.4, 0.5) is 0 Å². The number of ether oxygens (including phenoxy) is 4. The highest BCUT2D eigenvalue weighted by molar-refractivity contribution is 5.85. The predicted molar refractivity (Wildman–Crippen MR) is 136 cm³/mol. The Bertz CT molecular complexity index is 935. The average molecular weight is 519 g/mol. The van der Waals surface area contributed by atoms with E-state index in [0.717, 1.165) is 63.4 Å². The largest absolute Gasteiger partial charge is 0.458 e. The zero-order valence-corrected chi connectivity index (χ0v) is 23.0. The Morgan fingerprint density at radius 3 is 2.57 bits per heavy atom. The Kier molecular flexibility index (Phi) is 6.59. The van der Waals surface area contributed by atoms with Crippen molar-refractivity contribution in [1.29, 1.82) is 0 Å². The van der Waals surface area contributed by atoms with Gasteiger partial charge >= 0.3 is 5.97 Å². The molecule has 0 spiro atoms. The van der Waals surface area contributed by atoms with Gasteiger partial charge in [-0.3, -0.25) is 0 Å². The minimum Gasteiger partial charge on any atom is -0.458 e. The molecule has 5 fully saturated rings. The molecule has 7 heteroatoms. The summed E-state index contributed by atoms with van der Waals surface area (Å²) in [6.07, 6.45) is 10.2. The minimum absolute atomic E-state index is 0.166. The van der Waals surface area contributed by atoms with E-state index in [1.54, 1.807) is 13.2 Å². The fraction of sp³-hybridized carbons (Fsp3) is 0.900. The third kappa shape index (κ3) is 3.97. The maximum Gasteiger partial charge on any atom is 0.331 e. The molecule has 208 valence electrons. The van der Waals surface area contributed by atoms with Gasteiger partial charge in [-0.25, -0.2) is 4.79 Å². The van der Waals surface area contributed by atoms with E-state index in [4.69, 9.17) is 18.9 Å². The second-order valence-corrected chi connectivity index (χ2v) is 13.6. The molecular formula is C30H46O7. The molecule has 2 heterocycles.